The molecule has 3 nitrogen and oxygen atoms in total. The molecule has 0 bridgehead atoms. The normalized spacial score (nSPS) is 17.0. The van der Waals surface area contributed by atoms with E-state index in [9.17, 15) is 0 Å². The van der Waals surface area contributed by atoms with Gasteiger partial charge in [0.05, 0.1) is 6.54 Å². The number of hydrogen-bond donors (Lipinski definition) is 1. The highest BCUT2D eigenvalue weighted by Crippen LogP contribution is 2.23. The lowest BCUT2D eigenvalue weighted by Gasteiger charge is -2.37. The minimum atomic E-state index is 0. The first kappa shape index (κ1) is 18.7. The number of hydrogen-bond acceptors (Lipinski definition) is 3. The predicted octanol–water partition coefficient (Wildman–Crippen LogP) is 4.50. The summed E-state index contributed by atoms with van der Waals surface area (Å²) >= 11 is 6.00. The molecule has 2 aliphatic rings. The smallest absolute Gasteiger partial charge is 0.0508 e. The first-order valence-corrected chi connectivity index (χ1v) is 9.13. The minimum absolute atomic E-state index is 0. The van der Waals surface area contributed by atoms with E-state index >= 15 is 0 Å². The molecule has 136 valence electrons. The highest BCUT2D eigenvalue weighted by molar-refractivity contribution is 6.30. The number of rotatable bonds is 3. The molecule has 0 unspecified atom stereocenters. The summed E-state index contributed by atoms with van der Waals surface area (Å²) < 4.78 is 0. The van der Waals surface area contributed by atoms with Crippen molar-refractivity contribution in [2.24, 2.45) is 0 Å². The van der Waals surface area contributed by atoms with Crippen molar-refractivity contribution >= 4 is 41.1 Å². The van der Waals surface area contributed by atoms with E-state index in [2.05, 4.69) is 69.7 Å². The summed E-state index contributed by atoms with van der Waals surface area (Å²) in [5.74, 6) is 0. The van der Waals surface area contributed by atoms with E-state index in [4.69, 9.17) is 11.6 Å². The van der Waals surface area contributed by atoms with Gasteiger partial charge in [-0.05, 0) is 42.0 Å². The lowest BCUT2D eigenvalue weighted by molar-refractivity contribution is 0.653. The second-order valence-electron chi connectivity index (χ2n) is 6.40. The SMILES string of the molecule is Cl.ClC1=CC=C(c2ccc(N3CCN(c4ccccc4)CC3)cc2)NC1. The minimum Gasteiger partial charge on any atom is -0.380 e. The zero-order chi connectivity index (χ0) is 17.1. The summed E-state index contributed by atoms with van der Waals surface area (Å²) in [7, 11) is 0. The molecule has 2 aromatic rings. The number of dihydropyridines is 1. The summed E-state index contributed by atoms with van der Waals surface area (Å²) in [4.78, 5) is 4.92. The maximum absolute atomic E-state index is 6.00. The predicted molar refractivity (Wildman–Crippen MR) is 114 cm³/mol. The van der Waals surface area contributed by atoms with Gasteiger partial charge in [-0.1, -0.05) is 41.9 Å². The van der Waals surface area contributed by atoms with Crippen molar-refractivity contribution in [3.05, 3.63) is 77.3 Å². The fourth-order valence-electron chi connectivity index (χ4n) is 3.38. The lowest BCUT2D eigenvalue weighted by atomic mass is 10.1. The van der Waals surface area contributed by atoms with E-state index < -0.39 is 0 Å². The quantitative estimate of drug-likeness (QED) is 0.835. The van der Waals surface area contributed by atoms with Gasteiger partial charge in [0.2, 0.25) is 0 Å². The highest BCUT2D eigenvalue weighted by atomic mass is 35.5. The van der Waals surface area contributed by atoms with Gasteiger partial charge in [0.15, 0.2) is 0 Å². The first-order valence-electron chi connectivity index (χ1n) is 8.75. The van der Waals surface area contributed by atoms with Crippen LogP contribution in [-0.4, -0.2) is 32.7 Å². The number of piperazine rings is 1. The molecule has 0 radical (unpaired) electrons. The third-order valence-electron chi connectivity index (χ3n) is 4.82. The number of allylic oxidation sites excluding steroid dienone is 2. The molecule has 2 aliphatic heterocycles. The lowest BCUT2D eigenvalue weighted by Crippen LogP contribution is -2.46. The molecule has 0 amide bonds. The zero-order valence-corrected chi connectivity index (χ0v) is 16.1. The summed E-state index contributed by atoms with van der Waals surface area (Å²) in [5, 5.41) is 4.19. The Morgan fingerprint density at radius 2 is 1.31 bits per heavy atom. The molecule has 0 spiro atoms. The maximum Gasteiger partial charge on any atom is 0.0508 e. The number of para-hydroxylation sites is 1. The fourth-order valence-corrected chi connectivity index (χ4v) is 3.51. The number of nitrogens with one attached hydrogen (secondary N) is 1. The summed E-state index contributed by atoms with van der Waals surface area (Å²) in [6.07, 6.45) is 4.00. The second-order valence-corrected chi connectivity index (χ2v) is 6.89. The van der Waals surface area contributed by atoms with Crippen LogP contribution < -0.4 is 15.1 Å². The Hall–Kier alpha value is -2.10. The number of anilines is 2. The van der Waals surface area contributed by atoms with Crippen molar-refractivity contribution in [1.82, 2.24) is 5.32 Å². The fraction of sp³-hybridized carbons (Fsp3) is 0.238. The summed E-state index contributed by atoms with van der Waals surface area (Å²) in [6.45, 7) is 4.92. The van der Waals surface area contributed by atoms with E-state index in [1.54, 1.807) is 0 Å². The Morgan fingerprint density at radius 3 is 1.85 bits per heavy atom. The van der Waals surface area contributed by atoms with Crippen LogP contribution in [0.4, 0.5) is 11.4 Å². The van der Waals surface area contributed by atoms with Crippen molar-refractivity contribution in [2.75, 3.05) is 42.5 Å². The Kier molecular flexibility index (Phi) is 6.12. The molecule has 0 aliphatic carbocycles. The van der Waals surface area contributed by atoms with Crippen LogP contribution in [0.15, 0.2) is 71.8 Å². The Bertz CT molecular complexity index is 777. The van der Waals surface area contributed by atoms with E-state index in [-0.39, 0.29) is 12.4 Å². The molecule has 1 fully saturated rings. The molecule has 2 heterocycles. The van der Waals surface area contributed by atoms with Crippen LogP contribution >= 0.6 is 24.0 Å². The van der Waals surface area contributed by atoms with Gasteiger partial charge in [-0.25, -0.2) is 0 Å². The molecule has 0 aromatic heterocycles. The van der Waals surface area contributed by atoms with Crippen LogP contribution in [0.25, 0.3) is 5.70 Å². The molecule has 26 heavy (non-hydrogen) atoms. The molecule has 5 heteroatoms. The molecule has 1 saturated heterocycles. The van der Waals surface area contributed by atoms with Crippen LogP contribution in [-0.2, 0) is 0 Å². The van der Waals surface area contributed by atoms with Crippen LogP contribution in [0.3, 0.4) is 0 Å². The van der Waals surface area contributed by atoms with E-state index in [1.807, 2.05) is 12.2 Å². The molecule has 2 aromatic carbocycles. The van der Waals surface area contributed by atoms with Crippen molar-refractivity contribution in [2.45, 2.75) is 0 Å². The molecule has 4 rings (SSSR count). The third kappa shape index (κ3) is 4.17. The Labute approximate surface area is 166 Å². The van der Waals surface area contributed by atoms with Gasteiger partial charge in [0.1, 0.15) is 0 Å². The van der Waals surface area contributed by atoms with Gasteiger partial charge in [0.25, 0.3) is 0 Å². The van der Waals surface area contributed by atoms with Gasteiger partial charge in [0, 0.05) is 48.3 Å². The van der Waals surface area contributed by atoms with Crippen molar-refractivity contribution < 1.29 is 0 Å². The largest absolute Gasteiger partial charge is 0.380 e. The molecule has 1 N–H and O–H groups in total. The van der Waals surface area contributed by atoms with Gasteiger partial charge >= 0.3 is 0 Å². The van der Waals surface area contributed by atoms with Crippen molar-refractivity contribution in [3.8, 4) is 0 Å². The van der Waals surface area contributed by atoms with E-state index in [1.165, 1.54) is 16.9 Å². The van der Waals surface area contributed by atoms with Crippen LogP contribution in [0.1, 0.15) is 5.56 Å². The molecular formula is C21H23Cl2N3. The van der Waals surface area contributed by atoms with Crippen LogP contribution in [0, 0.1) is 0 Å². The number of nitrogens with zero attached hydrogens (tertiary/aromatic N) is 2. The average molecular weight is 388 g/mol. The second kappa shape index (κ2) is 8.52. The van der Waals surface area contributed by atoms with E-state index in [0.717, 1.165) is 36.9 Å². The molecule has 0 atom stereocenters. The van der Waals surface area contributed by atoms with Crippen LogP contribution in [0.5, 0.6) is 0 Å². The topological polar surface area (TPSA) is 18.5 Å². The van der Waals surface area contributed by atoms with Crippen molar-refractivity contribution in [3.63, 3.8) is 0 Å². The zero-order valence-electron chi connectivity index (χ0n) is 14.6. The average Bonchev–Trinajstić information content (AvgIpc) is 2.70. The Morgan fingerprint density at radius 1 is 0.731 bits per heavy atom. The number of benzene rings is 2. The van der Waals surface area contributed by atoms with Crippen LogP contribution in [0.2, 0.25) is 0 Å². The standard InChI is InChI=1S/C21H22ClN3.ClH/c22-18-8-11-21(23-16-18)17-6-9-20(10-7-17)25-14-12-24(13-15-25)19-4-2-1-3-5-19;/h1-11,23H,12-16H2;1H. The molecular weight excluding hydrogens is 365 g/mol. The summed E-state index contributed by atoms with van der Waals surface area (Å²) in [5.41, 5.74) is 4.94. The van der Waals surface area contributed by atoms with Gasteiger partial charge in [-0.15, -0.1) is 12.4 Å². The first-order chi connectivity index (χ1) is 12.3. The third-order valence-corrected chi connectivity index (χ3v) is 5.08. The maximum atomic E-state index is 6.00. The van der Waals surface area contributed by atoms with Gasteiger partial charge in [-0.2, -0.15) is 0 Å². The highest BCUT2D eigenvalue weighted by Gasteiger charge is 2.17. The van der Waals surface area contributed by atoms with Crippen molar-refractivity contribution in [1.29, 1.82) is 0 Å². The number of halogens is 2. The molecule has 0 saturated carbocycles. The van der Waals surface area contributed by atoms with Gasteiger partial charge < -0.3 is 15.1 Å². The summed E-state index contributed by atoms with van der Waals surface area (Å²) in [6, 6.07) is 19.5. The monoisotopic (exact) mass is 387 g/mol. The Balaban J connectivity index is 0.00000196. The van der Waals surface area contributed by atoms with E-state index in [0.29, 0.717) is 6.54 Å². The van der Waals surface area contributed by atoms with Gasteiger partial charge in [-0.3, -0.25) is 0 Å².